The molecule has 0 aliphatic heterocycles. The molecule has 0 heterocycles. The highest BCUT2D eigenvalue weighted by Gasteiger charge is 2.07. The highest BCUT2D eigenvalue weighted by molar-refractivity contribution is 6.02. The van der Waals surface area contributed by atoms with Crippen molar-refractivity contribution < 1.29 is 23.9 Å². The highest BCUT2D eigenvalue weighted by atomic mass is 16.5. The van der Waals surface area contributed by atoms with E-state index in [-0.39, 0.29) is 24.8 Å². The molecule has 7 nitrogen and oxygen atoms in total. The number of carbonyl (C=O) groups is 3. The number of anilines is 1. The second-order valence-corrected chi connectivity index (χ2v) is 5.79. The zero-order valence-electron chi connectivity index (χ0n) is 15.7. The second-order valence-electron chi connectivity index (χ2n) is 5.79. The molecular weight excluding hydrogens is 360 g/mol. The molecule has 2 aromatic rings. The minimum Gasteiger partial charge on any atom is -0.496 e. The SMILES string of the molecule is COC(=O)CNC(=O)Cc1ccc(NC(=O)/C=C/c2ccccc2OC)cc1. The summed E-state index contributed by atoms with van der Waals surface area (Å²) in [5, 5.41) is 5.22. The zero-order chi connectivity index (χ0) is 20.4. The van der Waals surface area contributed by atoms with Crippen molar-refractivity contribution in [3.8, 4) is 5.75 Å². The molecule has 0 spiro atoms. The third-order valence-corrected chi connectivity index (χ3v) is 3.80. The Kier molecular flexibility index (Phi) is 7.77. The highest BCUT2D eigenvalue weighted by Crippen LogP contribution is 2.18. The molecule has 0 saturated carbocycles. The van der Waals surface area contributed by atoms with Gasteiger partial charge in [-0.2, -0.15) is 0 Å². The number of amides is 2. The number of methoxy groups -OCH3 is 2. The Morgan fingerprint density at radius 3 is 2.39 bits per heavy atom. The van der Waals surface area contributed by atoms with Gasteiger partial charge in [0.15, 0.2) is 0 Å². The quantitative estimate of drug-likeness (QED) is 0.539. The van der Waals surface area contributed by atoms with Crippen molar-refractivity contribution in [3.63, 3.8) is 0 Å². The van der Waals surface area contributed by atoms with Gasteiger partial charge in [0, 0.05) is 17.3 Å². The van der Waals surface area contributed by atoms with Crippen molar-refractivity contribution in [2.75, 3.05) is 26.1 Å². The van der Waals surface area contributed by atoms with Gasteiger partial charge >= 0.3 is 5.97 Å². The topological polar surface area (TPSA) is 93.7 Å². The number of hydrogen-bond acceptors (Lipinski definition) is 5. The summed E-state index contributed by atoms with van der Waals surface area (Å²) in [6.45, 7) is -0.165. The van der Waals surface area contributed by atoms with Gasteiger partial charge in [0.25, 0.3) is 0 Å². The smallest absolute Gasteiger partial charge is 0.325 e. The summed E-state index contributed by atoms with van der Waals surface area (Å²) < 4.78 is 9.69. The first-order chi connectivity index (χ1) is 13.5. The third-order valence-electron chi connectivity index (χ3n) is 3.80. The maximum atomic E-state index is 12.1. The Hall–Kier alpha value is -3.61. The Balaban J connectivity index is 1.87. The van der Waals surface area contributed by atoms with Crippen LogP contribution in [0.3, 0.4) is 0 Å². The first-order valence-corrected chi connectivity index (χ1v) is 8.56. The van der Waals surface area contributed by atoms with E-state index in [1.807, 2.05) is 24.3 Å². The Morgan fingerprint density at radius 1 is 1.00 bits per heavy atom. The van der Waals surface area contributed by atoms with Crippen molar-refractivity contribution in [3.05, 3.63) is 65.7 Å². The van der Waals surface area contributed by atoms with Gasteiger partial charge in [0.1, 0.15) is 12.3 Å². The lowest BCUT2D eigenvalue weighted by Gasteiger charge is -2.06. The molecule has 0 atom stereocenters. The van der Waals surface area contributed by atoms with Gasteiger partial charge < -0.3 is 20.1 Å². The van der Waals surface area contributed by atoms with Crippen LogP contribution < -0.4 is 15.4 Å². The first kappa shape index (κ1) is 20.7. The molecule has 0 saturated heterocycles. The normalized spacial score (nSPS) is 10.4. The Morgan fingerprint density at radius 2 is 1.71 bits per heavy atom. The van der Waals surface area contributed by atoms with Crippen LogP contribution in [0.1, 0.15) is 11.1 Å². The van der Waals surface area contributed by atoms with Crippen LogP contribution in [0.25, 0.3) is 6.08 Å². The van der Waals surface area contributed by atoms with Gasteiger partial charge in [-0.15, -0.1) is 0 Å². The lowest BCUT2D eigenvalue weighted by molar-refractivity contribution is -0.141. The Labute approximate surface area is 163 Å². The summed E-state index contributed by atoms with van der Waals surface area (Å²) >= 11 is 0. The molecule has 2 N–H and O–H groups in total. The maximum Gasteiger partial charge on any atom is 0.325 e. The van der Waals surface area contributed by atoms with Crippen LogP contribution in [0.15, 0.2) is 54.6 Å². The van der Waals surface area contributed by atoms with Gasteiger partial charge in [-0.05, 0) is 29.8 Å². The zero-order valence-corrected chi connectivity index (χ0v) is 15.7. The number of nitrogens with one attached hydrogen (secondary N) is 2. The van der Waals surface area contributed by atoms with Crippen LogP contribution in [-0.2, 0) is 25.5 Å². The molecule has 7 heteroatoms. The molecule has 2 amide bonds. The van der Waals surface area contributed by atoms with Gasteiger partial charge in [0.2, 0.25) is 11.8 Å². The fourth-order valence-corrected chi connectivity index (χ4v) is 2.35. The number of ether oxygens (including phenoxy) is 2. The fourth-order valence-electron chi connectivity index (χ4n) is 2.35. The molecule has 146 valence electrons. The molecule has 2 aromatic carbocycles. The molecule has 28 heavy (non-hydrogen) atoms. The molecule has 0 radical (unpaired) electrons. The summed E-state index contributed by atoms with van der Waals surface area (Å²) in [6.07, 6.45) is 3.22. The fraction of sp³-hybridized carbons (Fsp3) is 0.190. The number of esters is 1. The van der Waals surface area contributed by atoms with Crippen molar-refractivity contribution in [1.82, 2.24) is 5.32 Å². The van der Waals surface area contributed by atoms with E-state index in [1.165, 1.54) is 13.2 Å². The summed E-state index contributed by atoms with van der Waals surface area (Å²) in [7, 11) is 2.83. The molecule has 0 unspecified atom stereocenters. The van der Waals surface area contributed by atoms with Crippen LogP contribution in [0, 0.1) is 0 Å². The molecule has 0 fully saturated rings. The van der Waals surface area contributed by atoms with Gasteiger partial charge in [-0.1, -0.05) is 30.3 Å². The number of para-hydroxylation sites is 1. The Bertz CT molecular complexity index is 859. The molecule has 0 bridgehead atoms. The largest absolute Gasteiger partial charge is 0.496 e. The van der Waals surface area contributed by atoms with E-state index in [0.29, 0.717) is 11.4 Å². The van der Waals surface area contributed by atoms with Crippen molar-refractivity contribution in [2.24, 2.45) is 0 Å². The van der Waals surface area contributed by atoms with E-state index in [0.717, 1.165) is 11.1 Å². The van der Waals surface area contributed by atoms with E-state index in [2.05, 4.69) is 15.4 Å². The molecular formula is C21H22N2O5. The van der Waals surface area contributed by atoms with Crippen LogP contribution in [0.4, 0.5) is 5.69 Å². The molecule has 0 aliphatic rings. The van der Waals surface area contributed by atoms with E-state index in [1.54, 1.807) is 37.5 Å². The minimum absolute atomic E-state index is 0.124. The van der Waals surface area contributed by atoms with Crippen molar-refractivity contribution in [2.45, 2.75) is 6.42 Å². The van der Waals surface area contributed by atoms with Crippen LogP contribution in [0.2, 0.25) is 0 Å². The number of benzene rings is 2. The lowest BCUT2D eigenvalue weighted by Crippen LogP contribution is -2.31. The van der Waals surface area contributed by atoms with Crippen molar-refractivity contribution >= 4 is 29.5 Å². The van der Waals surface area contributed by atoms with Crippen LogP contribution in [-0.4, -0.2) is 38.5 Å². The summed E-state index contributed by atoms with van der Waals surface area (Å²) in [5.41, 5.74) is 2.16. The third kappa shape index (κ3) is 6.60. The summed E-state index contributed by atoms with van der Waals surface area (Å²) in [6, 6.07) is 14.3. The molecule has 0 aromatic heterocycles. The van der Waals surface area contributed by atoms with Crippen LogP contribution >= 0.6 is 0 Å². The average Bonchev–Trinajstić information content (AvgIpc) is 2.72. The van der Waals surface area contributed by atoms with Gasteiger partial charge in [-0.25, -0.2) is 0 Å². The number of rotatable bonds is 8. The van der Waals surface area contributed by atoms with Gasteiger partial charge in [-0.3, -0.25) is 14.4 Å². The van der Waals surface area contributed by atoms with Gasteiger partial charge in [0.05, 0.1) is 20.6 Å². The number of carbonyl (C=O) groups excluding carboxylic acids is 3. The summed E-state index contributed by atoms with van der Waals surface area (Å²) in [4.78, 5) is 34.8. The van der Waals surface area contributed by atoms with Crippen LogP contribution in [0.5, 0.6) is 5.75 Å². The summed E-state index contributed by atoms with van der Waals surface area (Å²) in [5.74, 6) is -0.398. The molecule has 2 rings (SSSR count). The molecule has 0 aliphatic carbocycles. The monoisotopic (exact) mass is 382 g/mol. The predicted molar refractivity (Wildman–Crippen MR) is 106 cm³/mol. The number of hydrogen-bond donors (Lipinski definition) is 2. The van der Waals surface area contributed by atoms with E-state index >= 15 is 0 Å². The lowest BCUT2D eigenvalue weighted by atomic mass is 10.1. The van der Waals surface area contributed by atoms with E-state index in [9.17, 15) is 14.4 Å². The first-order valence-electron chi connectivity index (χ1n) is 8.56. The van der Waals surface area contributed by atoms with E-state index < -0.39 is 5.97 Å². The van der Waals surface area contributed by atoms with E-state index in [4.69, 9.17) is 4.74 Å². The maximum absolute atomic E-state index is 12.1. The van der Waals surface area contributed by atoms with Crippen molar-refractivity contribution in [1.29, 1.82) is 0 Å². The second kappa shape index (κ2) is 10.5. The standard InChI is InChI=1S/C21H22N2O5/c1-27-18-6-4-3-5-16(18)9-12-19(24)23-17-10-7-15(8-11-17)13-20(25)22-14-21(26)28-2/h3-12H,13-14H2,1-2H3,(H,22,25)(H,23,24)/b12-9+. The average molecular weight is 382 g/mol. The predicted octanol–water partition coefficient (Wildman–Crippen LogP) is 2.18. The minimum atomic E-state index is -0.507.